The summed E-state index contributed by atoms with van der Waals surface area (Å²) in [6.45, 7) is 2.38. The molecule has 1 aromatic heterocycles. The van der Waals surface area contributed by atoms with E-state index in [-0.39, 0.29) is 11.8 Å². The zero-order valence-electron chi connectivity index (χ0n) is 13.3. The molecule has 2 aromatic rings. The standard InChI is InChI=1S/C17H22N2O3S/c1-14-11-17(22-18-14)13-23(20,21)19-10-6-5-9-16(19)12-15-7-3-2-4-8-15/h2-4,7-8,11,16H,5-6,9-10,12-13H2,1H3. The van der Waals surface area contributed by atoms with Crippen LogP contribution >= 0.6 is 0 Å². The fourth-order valence-corrected chi connectivity index (χ4v) is 4.88. The summed E-state index contributed by atoms with van der Waals surface area (Å²) in [7, 11) is -3.39. The number of aromatic nitrogens is 1. The highest BCUT2D eigenvalue weighted by Crippen LogP contribution is 2.25. The molecule has 0 N–H and O–H groups in total. The zero-order valence-corrected chi connectivity index (χ0v) is 14.1. The van der Waals surface area contributed by atoms with Crippen molar-refractivity contribution >= 4 is 10.0 Å². The van der Waals surface area contributed by atoms with Crippen LogP contribution in [0.15, 0.2) is 40.9 Å². The van der Waals surface area contributed by atoms with Crippen molar-refractivity contribution in [2.24, 2.45) is 0 Å². The maximum absolute atomic E-state index is 12.8. The minimum atomic E-state index is -3.39. The van der Waals surface area contributed by atoms with Crippen LogP contribution in [0.25, 0.3) is 0 Å². The lowest BCUT2D eigenvalue weighted by atomic mass is 9.98. The summed E-state index contributed by atoms with van der Waals surface area (Å²) in [6.07, 6.45) is 3.66. The molecule has 0 bridgehead atoms. The van der Waals surface area contributed by atoms with Crippen LogP contribution in [0.4, 0.5) is 0 Å². The van der Waals surface area contributed by atoms with Gasteiger partial charge in [0.25, 0.3) is 0 Å². The molecule has 1 unspecified atom stereocenters. The second kappa shape index (κ2) is 6.84. The van der Waals surface area contributed by atoms with Gasteiger partial charge in [0.2, 0.25) is 10.0 Å². The molecule has 1 aromatic carbocycles. The Hall–Kier alpha value is -1.66. The van der Waals surface area contributed by atoms with Crippen molar-refractivity contribution in [1.82, 2.24) is 9.46 Å². The maximum Gasteiger partial charge on any atom is 0.221 e. The highest BCUT2D eigenvalue weighted by Gasteiger charge is 2.33. The van der Waals surface area contributed by atoms with E-state index >= 15 is 0 Å². The SMILES string of the molecule is Cc1cc(CS(=O)(=O)N2CCCCC2Cc2ccccc2)on1. The van der Waals surface area contributed by atoms with E-state index in [9.17, 15) is 8.42 Å². The van der Waals surface area contributed by atoms with E-state index in [0.717, 1.165) is 25.7 Å². The van der Waals surface area contributed by atoms with E-state index in [1.807, 2.05) is 18.2 Å². The lowest BCUT2D eigenvalue weighted by Gasteiger charge is -2.34. The van der Waals surface area contributed by atoms with E-state index < -0.39 is 10.0 Å². The normalized spacial score (nSPS) is 19.8. The summed E-state index contributed by atoms with van der Waals surface area (Å²) in [4.78, 5) is 0. The smallest absolute Gasteiger partial charge is 0.221 e. The van der Waals surface area contributed by atoms with Crippen molar-refractivity contribution in [2.75, 3.05) is 6.54 Å². The number of nitrogens with zero attached hydrogens (tertiary/aromatic N) is 2. The van der Waals surface area contributed by atoms with Gasteiger partial charge in [0, 0.05) is 18.7 Å². The first-order valence-corrected chi connectivity index (χ1v) is 9.61. The van der Waals surface area contributed by atoms with E-state index in [1.165, 1.54) is 5.56 Å². The van der Waals surface area contributed by atoms with Gasteiger partial charge in [-0.3, -0.25) is 0 Å². The molecule has 1 aliphatic heterocycles. The van der Waals surface area contributed by atoms with Crippen molar-refractivity contribution in [1.29, 1.82) is 0 Å². The van der Waals surface area contributed by atoms with Crippen molar-refractivity contribution < 1.29 is 12.9 Å². The Morgan fingerprint density at radius 3 is 2.74 bits per heavy atom. The lowest BCUT2D eigenvalue weighted by molar-refractivity contribution is 0.249. The molecule has 23 heavy (non-hydrogen) atoms. The van der Waals surface area contributed by atoms with E-state index in [2.05, 4.69) is 17.3 Å². The third kappa shape index (κ3) is 4.00. The Bertz CT molecular complexity index is 740. The largest absolute Gasteiger partial charge is 0.360 e. The Labute approximate surface area is 137 Å². The third-order valence-corrected chi connectivity index (χ3v) is 6.09. The highest BCUT2D eigenvalue weighted by atomic mass is 32.2. The summed E-state index contributed by atoms with van der Waals surface area (Å²) >= 11 is 0. The van der Waals surface area contributed by atoms with Crippen LogP contribution in [0.3, 0.4) is 0 Å². The predicted molar refractivity (Wildman–Crippen MR) is 88.4 cm³/mol. The van der Waals surface area contributed by atoms with Crippen LogP contribution in [0, 0.1) is 6.92 Å². The Balaban J connectivity index is 1.77. The second-order valence-corrected chi connectivity index (χ2v) is 8.06. The van der Waals surface area contributed by atoms with Gasteiger partial charge in [-0.25, -0.2) is 8.42 Å². The first-order valence-electron chi connectivity index (χ1n) is 8.00. The van der Waals surface area contributed by atoms with Gasteiger partial charge in [0.05, 0.1) is 5.69 Å². The lowest BCUT2D eigenvalue weighted by Crippen LogP contribution is -2.45. The van der Waals surface area contributed by atoms with Crippen molar-refractivity contribution in [3.8, 4) is 0 Å². The van der Waals surface area contributed by atoms with Crippen LogP contribution in [0.5, 0.6) is 0 Å². The summed E-state index contributed by atoms with van der Waals surface area (Å²) in [5.41, 5.74) is 1.88. The number of hydrogen-bond donors (Lipinski definition) is 0. The fourth-order valence-electron chi connectivity index (χ4n) is 3.18. The molecule has 1 fully saturated rings. The fraction of sp³-hybridized carbons (Fsp3) is 0.471. The van der Waals surface area contributed by atoms with Gasteiger partial charge >= 0.3 is 0 Å². The monoisotopic (exact) mass is 334 g/mol. The van der Waals surface area contributed by atoms with Gasteiger partial charge in [0.1, 0.15) is 5.75 Å². The topological polar surface area (TPSA) is 63.4 Å². The van der Waals surface area contributed by atoms with E-state index in [0.29, 0.717) is 18.0 Å². The van der Waals surface area contributed by atoms with Crippen LogP contribution in [-0.2, 0) is 22.2 Å². The molecule has 124 valence electrons. The maximum atomic E-state index is 12.8. The van der Waals surface area contributed by atoms with Crippen molar-refractivity contribution in [3.63, 3.8) is 0 Å². The molecule has 3 rings (SSSR count). The second-order valence-electron chi connectivity index (χ2n) is 6.14. The van der Waals surface area contributed by atoms with Gasteiger partial charge < -0.3 is 4.52 Å². The first-order chi connectivity index (χ1) is 11.0. The Kier molecular flexibility index (Phi) is 4.82. The van der Waals surface area contributed by atoms with Crippen LogP contribution in [-0.4, -0.2) is 30.5 Å². The molecule has 5 nitrogen and oxygen atoms in total. The molecular formula is C17H22N2O3S. The molecule has 6 heteroatoms. The minimum Gasteiger partial charge on any atom is -0.360 e. The molecule has 1 atom stereocenters. The van der Waals surface area contributed by atoms with Gasteiger partial charge in [-0.2, -0.15) is 4.31 Å². The van der Waals surface area contributed by atoms with Gasteiger partial charge in [-0.15, -0.1) is 0 Å². The molecule has 0 saturated carbocycles. The number of benzene rings is 1. The number of sulfonamides is 1. The summed E-state index contributed by atoms with van der Waals surface area (Å²) in [5.74, 6) is 0.297. The number of rotatable bonds is 5. The third-order valence-electron chi connectivity index (χ3n) is 4.25. The molecule has 0 amide bonds. The van der Waals surface area contributed by atoms with E-state index in [4.69, 9.17) is 4.52 Å². The number of hydrogen-bond acceptors (Lipinski definition) is 4. The first kappa shape index (κ1) is 16.2. The minimum absolute atomic E-state index is 0.0279. The summed E-state index contributed by atoms with van der Waals surface area (Å²) < 4.78 is 32.4. The Morgan fingerprint density at radius 2 is 2.04 bits per heavy atom. The van der Waals surface area contributed by atoms with Crippen molar-refractivity contribution in [3.05, 3.63) is 53.4 Å². The summed E-state index contributed by atoms with van der Waals surface area (Å²) in [6, 6.07) is 11.8. The molecule has 0 spiro atoms. The highest BCUT2D eigenvalue weighted by molar-refractivity contribution is 7.88. The van der Waals surface area contributed by atoms with E-state index in [1.54, 1.807) is 17.3 Å². The number of aryl methyl sites for hydroxylation is 1. The molecule has 0 radical (unpaired) electrons. The Morgan fingerprint density at radius 1 is 1.26 bits per heavy atom. The molecule has 2 heterocycles. The molecule has 1 saturated heterocycles. The molecular weight excluding hydrogens is 312 g/mol. The van der Waals surface area contributed by atoms with Gasteiger partial charge in [-0.1, -0.05) is 41.9 Å². The van der Waals surface area contributed by atoms with Crippen LogP contribution in [0.2, 0.25) is 0 Å². The average molecular weight is 334 g/mol. The van der Waals surface area contributed by atoms with Crippen molar-refractivity contribution in [2.45, 2.75) is 44.4 Å². The summed E-state index contributed by atoms with van der Waals surface area (Å²) in [5, 5.41) is 3.77. The number of piperidine rings is 1. The van der Waals surface area contributed by atoms with Gasteiger partial charge in [-0.05, 0) is 31.7 Å². The van der Waals surface area contributed by atoms with Crippen LogP contribution < -0.4 is 0 Å². The molecule has 0 aliphatic carbocycles. The predicted octanol–water partition coefficient (Wildman–Crippen LogP) is 2.91. The zero-order chi connectivity index (χ0) is 16.3. The quantitative estimate of drug-likeness (QED) is 0.843. The molecule has 1 aliphatic rings. The van der Waals surface area contributed by atoms with Crippen LogP contribution in [0.1, 0.15) is 36.3 Å². The van der Waals surface area contributed by atoms with Gasteiger partial charge in [0.15, 0.2) is 5.76 Å². The average Bonchev–Trinajstić information content (AvgIpc) is 2.93.